The molecule has 2 nitrogen and oxygen atoms in total. The summed E-state index contributed by atoms with van der Waals surface area (Å²) in [6.07, 6.45) is 0.874. The van der Waals surface area contributed by atoms with Crippen molar-refractivity contribution in [2.75, 3.05) is 11.9 Å². The molecule has 1 aromatic carbocycles. The number of anilines is 1. The molecule has 1 heterocycles. The molecule has 1 aromatic heterocycles. The van der Waals surface area contributed by atoms with E-state index >= 15 is 0 Å². The summed E-state index contributed by atoms with van der Waals surface area (Å²) in [5.74, 6) is -0.239. The molecule has 2 rings (SSSR count). The Morgan fingerprint density at radius 2 is 2.00 bits per heavy atom. The van der Waals surface area contributed by atoms with E-state index in [4.69, 9.17) is 0 Å². The smallest absolute Gasteiger partial charge is 0.138 e. The van der Waals surface area contributed by atoms with Crippen LogP contribution in [0.1, 0.15) is 30.7 Å². The topological polar surface area (TPSA) is 24.9 Å². The van der Waals surface area contributed by atoms with Gasteiger partial charge in [-0.15, -0.1) is 0 Å². The van der Waals surface area contributed by atoms with Crippen LogP contribution in [0.15, 0.2) is 10.5 Å². The molecule has 0 aliphatic heterocycles. The van der Waals surface area contributed by atoms with Gasteiger partial charge < -0.3 is 5.32 Å². The molecule has 0 unspecified atom stereocenters. The second-order valence-corrected chi connectivity index (χ2v) is 5.44. The maximum Gasteiger partial charge on any atom is 0.138 e. The quantitative estimate of drug-likeness (QED) is 0.881. The monoisotopic (exact) mass is 324 g/mol. The van der Waals surface area contributed by atoms with Gasteiger partial charge in [-0.1, -0.05) is 6.92 Å². The Bertz CT molecular complexity index is 638. The summed E-state index contributed by atoms with van der Waals surface area (Å²) in [7, 11) is 0. The lowest BCUT2D eigenvalue weighted by molar-refractivity contribution is 0.622. The van der Waals surface area contributed by atoms with Gasteiger partial charge in [0.1, 0.15) is 5.82 Å². The number of benzene rings is 1. The summed E-state index contributed by atoms with van der Waals surface area (Å²) >= 11 is 3.37. The maximum atomic E-state index is 14.0. The number of aromatic nitrogens is 1. The molecule has 0 fully saturated rings. The van der Waals surface area contributed by atoms with Gasteiger partial charge in [-0.3, -0.25) is 4.98 Å². The van der Waals surface area contributed by atoms with Gasteiger partial charge in [0.2, 0.25) is 0 Å². The number of nitrogens with one attached hydrogen (secondary N) is 1. The lowest BCUT2D eigenvalue weighted by Gasteiger charge is -2.17. The van der Waals surface area contributed by atoms with Crippen LogP contribution >= 0.6 is 15.9 Å². The number of fused-ring (bicyclic) bond motifs is 1. The summed E-state index contributed by atoms with van der Waals surface area (Å²) in [4.78, 5) is 4.65. The molecule has 102 valence electrons. The van der Waals surface area contributed by atoms with Crippen molar-refractivity contribution in [3.63, 3.8) is 0 Å². The van der Waals surface area contributed by atoms with Crippen LogP contribution in [-0.4, -0.2) is 11.5 Å². The zero-order valence-electron chi connectivity index (χ0n) is 11.7. The van der Waals surface area contributed by atoms with E-state index in [1.54, 1.807) is 0 Å². The first-order chi connectivity index (χ1) is 9.01. The highest BCUT2D eigenvalue weighted by molar-refractivity contribution is 9.10. The highest BCUT2D eigenvalue weighted by Gasteiger charge is 2.17. The van der Waals surface area contributed by atoms with Crippen molar-refractivity contribution in [3.05, 3.63) is 33.2 Å². The summed E-state index contributed by atoms with van der Waals surface area (Å²) in [6, 6.07) is 1.53. The minimum absolute atomic E-state index is 0.239. The fraction of sp³-hybridized carbons (Fsp3) is 0.400. The van der Waals surface area contributed by atoms with Gasteiger partial charge in [0, 0.05) is 23.3 Å². The first kappa shape index (κ1) is 14.3. The van der Waals surface area contributed by atoms with Crippen LogP contribution in [0, 0.1) is 19.7 Å². The Balaban J connectivity index is 2.97. The van der Waals surface area contributed by atoms with Gasteiger partial charge in [0.25, 0.3) is 0 Å². The number of halogens is 2. The molecule has 4 heteroatoms. The van der Waals surface area contributed by atoms with Crippen LogP contribution in [0.5, 0.6) is 0 Å². The van der Waals surface area contributed by atoms with Crippen LogP contribution in [0.2, 0.25) is 0 Å². The molecule has 2 aromatic rings. The van der Waals surface area contributed by atoms with Crippen molar-refractivity contribution in [2.45, 2.75) is 34.1 Å². The Hall–Kier alpha value is -1.16. The van der Waals surface area contributed by atoms with Crippen molar-refractivity contribution >= 4 is 32.5 Å². The third-order valence-electron chi connectivity index (χ3n) is 3.36. The number of hydrogen-bond acceptors (Lipinski definition) is 2. The van der Waals surface area contributed by atoms with Gasteiger partial charge in [-0.25, -0.2) is 4.39 Å². The minimum atomic E-state index is -0.239. The van der Waals surface area contributed by atoms with Gasteiger partial charge >= 0.3 is 0 Å². The zero-order chi connectivity index (χ0) is 14.2. The Morgan fingerprint density at radius 3 is 2.58 bits per heavy atom. The SMILES string of the molecule is CCNc1c(CC)c(C)nc2c(C)cc(F)c(Br)c12. The molecule has 0 atom stereocenters. The lowest BCUT2D eigenvalue weighted by Crippen LogP contribution is -2.06. The van der Waals surface area contributed by atoms with E-state index in [-0.39, 0.29) is 5.82 Å². The van der Waals surface area contributed by atoms with Crippen molar-refractivity contribution in [1.29, 1.82) is 0 Å². The van der Waals surface area contributed by atoms with Gasteiger partial charge in [0.15, 0.2) is 0 Å². The number of pyridine rings is 1. The van der Waals surface area contributed by atoms with Crippen LogP contribution < -0.4 is 5.32 Å². The fourth-order valence-electron chi connectivity index (χ4n) is 2.49. The summed E-state index contributed by atoms with van der Waals surface area (Å²) in [5.41, 5.74) is 4.88. The van der Waals surface area contributed by atoms with Crippen LogP contribution in [0.4, 0.5) is 10.1 Å². The second-order valence-electron chi connectivity index (χ2n) is 4.65. The van der Waals surface area contributed by atoms with Crippen molar-refractivity contribution in [3.8, 4) is 0 Å². The normalized spacial score (nSPS) is 11.1. The van der Waals surface area contributed by atoms with E-state index in [9.17, 15) is 4.39 Å². The standard InChI is InChI=1S/C15H18BrFN2/c1-5-10-9(4)19-14-8(3)7-11(17)13(16)12(14)15(10)18-6-2/h7H,5-6H2,1-4H3,(H,18,19). The molecule has 1 N–H and O–H groups in total. The minimum Gasteiger partial charge on any atom is -0.384 e. The Labute approximate surface area is 121 Å². The van der Waals surface area contributed by atoms with E-state index in [1.165, 1.54) is 6.07 Å². The van der Waals surface area contributed by atoms with Gasteiger partial charge in [0.05, 0.1) is 9.99 Å². The number of aryl methyl sites for hydroxylation is 2. The first-order valence-corrected chi connectivity index (χ1v) is 7.32. The average molecular weight is 325 g/mol. The van der Waals surface area contributed by atoms with Crippen LogP contribution in [-0.2, 0) is 6.42 Å². The molecule has 0 aliphatic carbocycles. The second kappa shape index (κ2) is 5.45. The van der Waals surface area contributed by atoms with E-state index in [0.717, 1.165) is 46.4 Å². The molecular weight excluding hydrogens is 307 g/mol. The molecule has 0 saturated heterocycles. The fourth-order valence-corrected chi connectivity index (χ4v) is 2.99. The largest absolute Gasteiger partial charge is 0.384 e. The molecule has 19 heavy (non-hydrogen) atoms. The molecule has 0 aliphatic rings. The third-order valence-corrected chi connectivity index (χ3v) is 4.13. The molecule has 0 spiro atoms. The maximum absolute atomic E-state index is 14.0. The van der Waals surface area contributed by atoms with Crippen LogP contribution in [0.3, 0.4) is 0 Å². The van der Waals surface area contributed by atoms with E-state index in [0.29, 0.717) is 4.47 Å². The average Bonchev–Trinajstić information content (AvgIpc) is 2.36. The highest BCUT2D eigenvalue weighted by Crippen LogP contribution is 2.37. The number of nitrogens with zero attached hydrogens (tertiary/aromatic N) is 1. The number of hydrogen-bond donors (Lipinski definition) is 1. The summed E-state index contributed by atoms with van der Waals surface area (Å²) in [6.45, 7) is 8.84. The summed E-state index contributed by atoms with van der Waals surface area (Å²) < 4.78 is 14.5. The van der Waals surface area contributed by atoms with Gasteiger partial charge in [-0.05, 0) is 60.3 Å². The Kier molecular flexibility index (Phi) is 4.09. The molecule has 0 radical (unpaired) electrons. The highest BCUT2D eigenvalue weighted by atomic mass is 79.9. The Morgan fingerprint density at radius 1 is 1.32 bits per heavy atom. The molecular formula is C15H18BrFN2. The summed E-state index contributed by atoms with van der Waals surface area (Å²) in [5, 5.41) is 4.22. The lowest BCUT2D eigenvalue weighted by atomic mass is 10.0. The predicted octanol–water partition coefficient (Wildman–Crippen LogP) is 4.75. The number of rotatable bonds is 3. The zero-order valence-corrected chi connectivity index (χ0v) is 13.3. The first-order valence-electron chi connectivity index (χ1n) is 6.52. The van der Waals surface area contributed by atoms with Crippen molar-refractivity contribution in [1.82, 2.24) is 4.98 Å². The molecule has 0 bridgehead atoms. The van der Waals surface area contributed by atoms with E-state index < -0.39 is 0 Å². The molecule has 0 saturated carbocycles. The van der Waals surface area contributed by atoms with E-state index in [1.807, 2.05) is 20.8 Å². The van der Waals surface area contributed by atoms with E-state index in [2.05, 4.69) is 33.2 Å². The molecule has 0 amide bonds. The van der Waals surface area contributed by atoms with Gasteiger partial charge in [-0.2, -0.15) is 0 Å². The van der Waals surface area contributed by atoms with Crippen molar-refractivity contribution < 1.29 is 4.39 Å². The third kappa shape index (κ3) is 2.34. The predicted molar refractivity (Wildman–Crippen MR) is 82.4 cm³/mol. The van der Waals surface area contributed by atoms with Crippen molar-refractivity contribution in [2.24, 2.45) is 0 Å². The van der Waals surface area contributed by atoms with Crippen LogP contribution in [0.25, 0.3) is 10.9 Å².